The predicted molar refractivity (Wildman–Crippen MR) is 313 cm³/mol. The number of allylic oxidation sites excluding steroid dienone is 11. The van der Waals surface area contributed by atoms with Gasteiger partial charge in [-0.25, -0.2) is 0 Å². The minimum Gasteiger partial charge on any atom is -0.394 e. The first-order valence-corrected chi connectivity index (χ1v) is 31.2. The zero-order valence-electron chi connectivity index (χ0n) is 48.6. The summed E-state index contributed by atoms with van der Waals surface area (Å²) in [6.45, 7) is 2.67. The molecule has 0 radical (unpaired) electrons. The number of rotatable bonds is 49. The van der Waals surface area contributed by atoms with Crippen LogP contribution in [-0.4, -0.2) is 140 Å². The number of nitrogens with one attached hydrogen (secondary N) is 1. The Morgan fingerprint density at radius 3 is 1.41 bits per heavy atom. The Hall–Kier alpha value is -2.57. The quantitative estimate of drug-likeness (QED) is 0.0204. The van der Waals surface area contributed by atoms with Gasteiger partial charge in [0.25, 0.3) is 0 Å². The molecule has 0 aliphatic carbocycles. The molecule has 0 aromatic carbocycles. The molecule has 12 unspecified atom stereocenters. The highest BCUT2D eigenvalue weighted by atomic mass is 16.7. The molecular weight excluding hydrogens is 991 g/mol. The van der Waals surface area contributed by atoms with Gasteiger partial charge in [-0.2, -0.15) is 0 Å². The van der Waals surface area contributed by atoms with Crippen molar-refractivity contribution in [2.24, 2.45) is 0 Å². The third kappa shape index (κ3) is 34.0. The maximum atomic E-state index is 13.3. The Bertz CT molecular complexity index is 1580. The van der Waals surface area contributed by atoms with E-state index in [1.54, 1.807) is 6.08 Å². The lowest BCUT2D eigenvalue weighted by Crippen LogP contribution is -2.65. The van der Waals surface area contributed by atoms with Crippen LogP contribution in [0, 0.1) is 0 Å². The smallest absolute Gasteiger partial charge is 0.220 e. The fourth-order valence-electron chi connectivity index (χ4n) is 9.89. The lowest BCUT2D eigenvalue weighted by Gasteiger charge is -2.46. The van der Waals surface area contributed by atoms with Crippen molar-refractivity contribution in [3.8, 4) is 0 Å². The van der Waals surface area contributed by atoms with E-state index in [1.165, 1.54) is 122 Å². The molecule has 0 bridgehead atoms. The summed E-state index contributed by atoms with van der Waals surface area (Å²) in [4.78, 5) is 13.3. The predicted octanol–water partition coefficient (Wildman–Crippen LogP) is 11.1. The maximum Gasteiger partial charge on any atom is 0.220 e. The van der Waals surface area contributed by atoms with Gasteiger partial charge in [0.15, 0.2) is 12.6 Å². The first-order chi connectivity index (χ1) is 38.1. The molecule has 0 saturated carbocycles. The molecule has 2 saturated heterocycles. The molecule has 14 heteroatoms. The highest BCUT2D eigenvalue weighted by Gasteiger charge is 2.51. The topological polar surface area (TPSA) is 228 Å². The van der Waals surface area contributed by atoms with Crippen LogP contribution in [0.4, 0.5) is 0 Å². The number of aliphatic hydroxyl groups excluding tert-OH is 8. The average molecular weight is 1100 g/mol. The number of hydrogen-bond acceptors (Lipinski definition) is 13. The van der Waals surface area contributed by atoms with Gasteiger partial charge in [0, 0.05) is 6.42 Å². The van der Waals surface area contributed by atoms with Gasteiger partial charge < -0.3 is 65.1 Å². The molecule has 452 valence electrons. The summed E-state index contributed by atoms with van der Waals surface area (Å²) in [5, 5.41) is 87.2. The molecule has 0 aromatic rings. The van der Waals surface area contributed by atoms with Crippen LogP contribution in [0.1, 0.15) is 232 Å². The lowest BCUT2D eigenvalue weighted by molar-refractivity contribution is -0.359. The largest absolute Gasteiger partial charge is 0.394 e. The van der Waals surface area contributed by atoms with Crippen LogP contribution in [0.2, 0.25) is 0 Å². The number of carbonyl (C=O) groups is 1. The van der Waals surface area contributed by atoms with Crippen molar-refractivity contribution in [2.45, 2.75) is 306 Å². The van der Waals surface area contributed by atoms with E-state index in [0.717, 1.165) is 77.0 Å². The number of carbonyl (C=O) groups excluding carboxylic acids is 1. The second-order valence-corrected chi connectivity index (χ2v) is 21.8. The van der Waals surface area contributed by atoms with Crippen molar-refractivity contribution in [3.63, 3.8) is 0 Å². The van der Waals surface area contributed by atoms with Gasteiger partial charge in [-0.05, 0) is 70.6 Å². The second-order valence-electron chi connectivity index (χ2n) is 21.8. The van der Waals surface area contributed by atoms with Crippen LogP contribution in [0.5, 0.6) is 0 Å². The number of hydrogen-bond donors (Lipinski definition) is 9. The van der Waals surface area contributed by atoms with E-state index in [1.807, 2.05) is 6.08 Å². The summed E-state index contributed by atoms with van der Waals surface area (Å²) in [5.41, 5.74) is 0. The fraction of sp³-hybridized carbons (Fsp3) is 0.797. The number of ether oxygens (including phenoxy) is 4. The average Bonchev–Trinajstić information content (AvgIpc) is 3.48. The van der Waals surface area contributed by atoms with Crippen LogP contribution < -0.4 is 5.32 Å². The summed E-state index contributed by atoms with van der Waals surface area (Å²) in [6.07, 6.45) is 48.0. The van der Waals surface area contributed by atoms with Crippen molar-refractivity contribution in [3.05, 3.63) is 72.9 Å². The first-order valence-electron chi connectivity index (χ1n) is 31.2. The van der Waals surface area contributed by atoms with Crippen molar-refractivity contribution in [1.29, 1.82) is 0 Å². The van der Waals surface area contributed by atoms with Crippen molar-refractivity contribution >= 4 is 5.91 Å². The third-order valence-electron chi connectivity index (χ3n) is 14.9. The summed E-state index contributed by atoms with van der Waals surface area (Å²) < 4.78 is 22.8. The Balaban J connectivity index is 1.77. The third-order valence-corrected chi connectivity index (χ3v) is 14.9. The van der Waals surface area contributed by atoms with E-state index >= 15 is 0 Å². The van der Waals surface area contributed by atoms with Crippen LogP contribution in [0.15, 0.2) is 72.9 Å². The SMILES string of the molecule is CC/C=C\C/C=C\C/C=C\C/C=C\CCCCCCCCC(=O)NC(COC1OC(CO)C(OC2OC(CO)C(O)C(O)C2O)C(O)C1O)C(O)/C=C/CC/C=C/CCCCCCCCCCCCCCCCCCCCC. The maximum absolute atomic E-state index is 13.3. The van der Waals surface area contributed by atoms with Gasteiger partial charge in [-0.15, -0.1) is 0 Å². The van der Waals surface area contributed by atoms with Crippen molar-refractivity contribution in [2.75, 3.05) is 19.8 Å². The Morgan fingerprint density at radius 1 is 0.474 bits per heavy atom. The minimum absolute atomic E-state index is 0.254. The number of amides is 1. The van der Waals surface area contributed by atoms with Crippen molar-refractivity contribution in [1.82, 2.24) is 5.32 Å². The molecule has 2 heterocycles. The monoisotopic (exact) mass is 1100 g/mol. The lowest BCUT2D eigenvalue weighted by atomic mass is 9.97. The van der Waals surface area contributed by atoms with E-state index in [9.17, 15) is 45.6 Å². The molecule has 2 aliphatic rings. The van der Waals surface area contributed by atoms with Gasteiger partial charge in [-0.3, -0.25) is 4.79 Å². The number of aliphatic hydroxyl groups is 8. The van der Waals surface area contributed by atoms with E-state index in [-0.39, 0.29) is 18.9 Å². The normalized spacial score (nSPS) is 25.1. The van der Waals surface area contributed by atoms with Crippen LogP contribution in [0.3, 0.4) is 0 Å². The Labute approximate surface area is 472 Å². The fourth-order valence-corrected chi connectivity index (χ4v) is 9.89. The standard InChI is InChI=1S/C64H113NO13/c1-3-5-7-9-11-13-15-17-19-21-23-24-25-26-27-28-30-31-33-35-37-39-41-43-45-47-53(68)52(65-56(69)48-46-44-42-40-38-36-34-32-29-22-20-18-16-14-12-10-8-6-4-2)51-75-63-61(74)59(72)62(55(50-67)77-63)78-64-60(73)58(71)57(70)54(49-66)76-64/h6,8,12,14,18,20,29,32,37,39,45,47,52-55,57-64,66-68,70-74H,3-5,7,9-11,13,15-17,19,21-28,30-31,33-36,38,40-44,46,48-51H2,1-2H3,(H,65,69)/b8-6-,14-12-,20-18-,32-29-,39-37+,47-45+. The molecule has 2 fully saturated rings. The second kappa shape index (κ2) is 49.1. The molecule has 9 N–H and O–H groups in total. The van der Waals surface area contributed by atoms with E-state index in [0.29, 0.717) is 12.8 Å². The van der Waals surface area contributed by atoms with Gasteiger partial charge in [0.2, 0.25) is 5.91 Å². The van der Waals surface area contributed by atoms with E-state index in [4.69, 9.17) is 18.9 Å². The van der Waals surface area contributed by atoms with Crippen molar-refractivity contribution < 1.29 is 64.6 Å². The van der Waals surface area contributed by atoms with Crippen LogP contribution >= 0.6 is 0 Å². The van der Waals surface area contributed by atoms with Gasteiger partial charge in [0.05, 0.1) is 32.0 Å². The van der Waals surface area contributed by atoms with Gasteiger partial charge in [-0.1, -0.05) is 228 Å². The molecule has 78 heavy (non-hydrogen) atoms. The Morgan fingerprint density at radius 2 is 0.897 bits per heavy atom. The molecule has 0 spiro atoms. The molecule has 12 atom stereocenters. The van der Waals surface area contributed by atoms with Crippen LogP contribution in [0.25, 0.3) is 0 Å². The van der Waals surface area contributed by atoms with E-state index in [2.05, 4.69) is 79.9 Å². The first kappa shape index (κ1) is 71.5. The highest BCUT2D eigenvalue weighted by molar-refractivity contribution is 5.76. The molecule has 14 nitrogen and oxygen atoms in total. The van der Waals surface area contributed by atoms with E-state index < -0.39 is 86.8 Å². The number of unbranched alkanes of at least 4 members (excludes halogenated alkanes) is 26. The molecule has 2 aliphatic heterocycles. The zero-order valence-corrected chi connectivity index (χ0v) is 48.6. The summed E-state index contributed by atoms with van der Waals surface area (Å²) in [5.74, 6) is -0.264. The Kier molecular flexibility index (Phi) is 45.0. The summed E-state index contributed by atoms with van der Waals surface area (Å²) in [7, 11) is 0. The summed E-state index contributed by atoms with van der Waals surface area (Å²) >= 11 is 0. The molecule has 1 amide bonds. The van der Waals surface area contributed by atoms with Gasteiger partial charge >= 0.3 is 0 Å². The molecule has 2 rings (SSSR count). The summed E-state index contributed by atoms with van der Waals surface area (Å²) in [6, 6.07) is -0.944. The highest BCUT2D eigenvalue weighted by Crippen LogP contribution is 2.30. The van der Waals surface area contributed by atoms with Gasteiger partial charge in [0.1, 0.15) is 48.8 Å². The van der Waals surface area contributed by atoms with Crippen LogP contribution in [-0.2, 0) is 23.7 Å². The molecule has 0 aromatic heterocycles. The minimum atomic E-state index is -1.80. The molecular formula is C64H113NO13. The zero-order chi connectivity index (χ0) is 56.7.